The molecule has 1 fully saturated rings. The maximum Gasteiger partial charge on any atom is 0.331 e. The lowest BCUT2D eigenvalue weighted by Gasteiger charge is -2.32. The molecule has 6 heteroatoms. The van der Waals surface area contributed by atoms with Gasteiger partial charge < -0.3 is 14.4 Å². The van der Waals surface area contributed by atoms with E-state index in [1.54, 1.807) is 42.3 Å². The predicted molar refractivity (Wildman–Crippen MR) is 104 cm³/mol. The van der Waals surface area contributed by atoms with Crippen LogP contribution in [0.15, 0.2) is 48.5 Å². The van der Waals surface area contributed by atoms with Crippen molar-refractivity contribution >= 4 is 17.6 Å². The number of hydrogen-bond acceptors (Lipinski definition) is 4. The number of imide groups is 1. The van der Waals surface area contributed by atoms with Gasteiger partial charge in [-0.25, -0.2) is 9.69 Å². The molecule has 0 spiro atoms. The molecule has 0 atom stereocenters. The number of likely N-dealkylation sites (tertiary alicyclic amines) is 1. The van der Waals surface area contributed by atoms with Crippen molar-refractivity contribution in [3.05, 3.63) is 54.1 Å². The van der Waals surface area contributed by atoms with E-state index in [1.807, 2.05) is 18.2 Å². The van der Waals surface area contributed by atoms with E-state index in [4.69, 9.17) is 9.47 Å². The Morgan fingerprint density at radius 1 is 0.926 bits per heavy atom. The monoisotopic (exact) mass is 368 g/mol. The zero-order valence-corrected chi connectivity index (χ0v) is 15.7. The van der Waals surface area contributed by atoms with Crippen molar-refractivity contribution < 1.29 is 19.1 Å². The number of urea groups is 1. The lowest BCUT2D eigenvalue weighted by Crippen LogP contribution is -2.48. The van der Waals surface area contributed by atoms with Gasteiger partial charge in [0.1, 0.15) is 11.5 Å². The smallest absolute Gasteiger partial charge is 0.331 e. The predicted octanol–water partition coefficient (Wildman–Crippen LogP) is 3.96. The van der Waals surface area contributed by atoms with E-state index in [9.17, 15) is 9.59 Å². The Morgan fingerprint density at radius 2 is 1.63 bits per heavy atom. The molecular weight excluding hydrogens is 344 g/mol. The number of amides is 3. The van der Waals surface area contributed by atoms with Crippen molar-refractivity contribution in [2.45, 2.75) is 19.3 Å². The minimum Gasteiger partial charge on any atom is -0.497 e. The Hall–Kier alpha value is -3.02. The molecule has 1 aliphatic heterocycles. The summed E-state index contributed by atoms with van der Waals surface area (Å²) in [5, 5.41) is 0. The summed E-state index contributed by atoms with van der Waals surface area (Å²) < 4.78 is 10.6. The second-order valence-electron chi connectivity index (χ2n) is 6.37. The molecule has 27 heavy (non-hydrogen) atoms. The highest BCUT2D eigenvalue weighted by molar-refractivity contribution is 6.21. The zero-order valence-electron chi connectivity index (χ0n) is 15.7. The Balaban J connectivity index is 2.00. The third-order valence-corrected chi connectivity index (χ3v) is 4.67. The van der Waals surface area contributed by atoms with E-state index >= 15 is 0 Å². The van der Waals surface area contributed by atoms with Crippen LogP contribution in [0, 0.1) is 0 Å². The molecule has 0 N–H and O–H groups in total. The number of carbonyl (C=O) groups is 2. The first-order valence-electron chi connectivity index (χ1n) is 9.06. The van der Waals surface area contributed by atoms with Crippen LogP contribution in [0.2, 0.25) is 0 Å². The Morgan fingerprint density at radius 3 is 2.26 bits per heavy atom. The fourth-order valence-corrected chi connectivity index (χ4v) is 3.21. The number of hydrogen-bond donors (Lipinski definition) is 0. The van der Waals surface area contributed by atoms with Crippen LogP contribution in [0.3, 0.4) is 0 Å². The largest absolute Gasteiger partial charge is 0.497 e. The first-order valence-corrected chi connectivity index (χ1v) is 9.06. The van der Waals surface area contributed by atoms with Gasteiger partial charge in [-0.15, -0.1) is 0 Å². The molecule has 2 aromatic carbocycles. The number of nitrogens with zero attached hydrogens (tertiary/aromatic N) is 2. The van der Waals surface area contributed by atoms with Gasteiger partial charge >= 0.3 is 6.03 Å². The Kier molecular flexibility index (Phi) is 5.96. The summed E-state index contributed by atoms with van der Waals surface area (Å²) in [6.07, 6.45) is 3.01. The van der Waals surface area contributed by atoms with E-state index in [-0.39, 0.29) is 6.03 Å². The third kappa shape index (κ3) is 4.05. The molecule has 6 nitrogen and oxygen atoms in total. The van der Waals surface area contributed by atoms with Crippen molar-refractivity contribution in [1.82, 2.24) is 4.90 Å². The second kappa shape index (κ2) is 8.58. The molecule has 0 saturated carbocycles. The average Bonchev–Trinajstić information content (AvgIpc) is 2.74. The maximum atomic E-state index is 13.4. The van der Waals surface area contributed by atoms with Gasteiger partial charge in [0.2, 0.25) is 0 Å². The summed E-state index contributed by atoms with van der Waals surface area (Å²) in [5.74, 6) is 0.528. The molecule has 0 radical (unpaired) electrons. The van der Waals surface area contributed by atoms with Crippen LogP contribution in [0.5, 0.6) is 11.5 Å². The van der Waals surface area contributed by atoms with Crippen LogP contribution in [0.4, 0.5) is 10.5 Å². The minimum absolute atomic E-state index is 0.302. The first-order chi connectivity index (χ1) is 13.2. The van der Waals surface area contributed by atoms with Crippen LogP contribution < -0.4 is 14.4 Å². The highest BCUT2D eigenvalue weighted by atomic mass is 16.5. The number of rotatable bonds is 4. The molecule has 1 heterocycles. The Labute approximate surface area is 159 Å². The summed E-state index contributed by atoms with van der Waals surface area (Å²) in [6.45, 7) is 1.32. The lowest BCUT2D eigenvalue weighted by molar-refractivity contribution is 0.0980. The van der Waals surface area contributed by atoms with Gasteiger partial charge in [-0.3, -0.25) is 4.79 Å². The molecule has 2 aromatic rings. The van der Waals surface area contributed by atoms with Crippen molar-refractivity contribution in [3.8, 4) is 11.5 Å². The summed E-state index contributed by atoms with van der Waals surface area (Å²) >= 11 is 0. The summed E-state index contributed by atoms with van der Waals surface area (Å²) in [6, 6.07) is 13.6. The van der Waals surface area contributed by atoms with Crippen LogP contribution in [0.1, 0.15) is 29.6 Å². The Bertz CT molecular complexity index is 801. The van der Waals surface area contributed by atoms with E-state index < -0.39 is 5.91 Å². The molecule has 142 valence electrons. The molecule has 0 aromatic heterocycles. The van der Waals surface area contributed by atoms with Crippen molar-refractivity contribution in [3.63, 3.8) is 0 Å². The number of benzene rings is 2. The minimum atomic E-state index is -0.420. The van der Waals surface area contributed by atoms with Gasteiger partial charge in [-0.2, -0.15) is 0 Å². The third-order valence-electron chi connectivity index (χ3n) is 4.67. The molecule has 1 aliphatic rings. The average molecular weight is 368 g/mol. The van der Waals surface area contributed by atoms with Crippen molar-refractivity contribution in [1.29, 1.82) is 0 Å². The van der Waals surface area contributed by atoms with Crippen LogP contribution >= 0.6 is 0 Å². The highest BCUT2D eigenvalue weighted by Gasteiger charge is 2.31. The molecule has 0 unspecified atom stereocenters. The number of carbonyl (C=O) groups excluding carboxylic acids is 2. The fourth-order valence-electron chi connectivity index (χ4n) is 3.21. The molecule has 1 saturated heterocycles. The summed E-state index contributed by atoms with van der Waals surface area (Å²) in [4.78, 5) is 29.5. The highest BCUT2D eigenvalue weighted by Crippen LogP contribution is 2.28. The van der Waals surface area contributed by atoms with Crippen LogP contribution in [-0.4, -0.2) is 44.1 Å². The first kappa shape index (κ1) is 18.8. The number of methoxy groups -OCH3 is 2. The number of para-hydroxylation sites is 1. The number of anilines is 1. The topological polar surface area (TPSA) is 59.1 Å². The normalized spacial score (nSPS) is 13.8. The van der Waals surface area contributed by atoms with E-state index in [2.05, 4.69) is 0 Å². The quantitative estimate of drug-likeness (QED) is 0.820. The molecule has 3 amide bonds. The van der Waals surface area contributed by atoms with Gasteiger partial charge in [-0.05, 0) is 43.5 Å². The van der Waals surface area contributed by atoms with Crippen molar-refractivity contribution in [2.24, 2.45) is 0 Å². The van der Waals surface area contributed by atoms with Crippen LogP contribution in [0.25, 0.3) is 0 Å². The molecule has 3 rings (SSSR count). The summed E-state index contributed by atoms with van der Waals surface area (Å²) in [7, 11) is 3.04. The zero-order chi connectivity index (χ0) is 19.2. The van der Waals surface area contributed by atoms with E-state index in [1.165, 1.54) is 12.0 Å². The standard InChI is InChI=1S/C21H24N2O4/c1-26-17-11-12-18(19(15-17)27-2)20(24)23(16-9-5-3-6-10-16)21(25)22-13-7-4-8-14-22/h3,5-6,9-12,15H,4,7-8,13-14H2,1-2H3. The van der Waals surface area contributed by atoms with Crippen molar-refractivity contribution in [2.75, 3.05) is 32.2 Å². The SMILES string of the molecule is COc1ccc(C(=O)N(C(=O)N2CCCCC2)c2ccccc2)c(OC)c1. The van der Waals surface area contributed by atoms with Gasteiger partial charge in [0.15, 0.2) is 0 Å². The number of piperidine rings is 1. The van der Waals surface area contributed by atoms with Gasteiger partial charge in [0, 0.05) is 19.2 Å². The molecule has 0 aliphatic carbocycles. The van der Waals surface area contributed by atoms with E-state index in [0.29, 0.717) is 35.8 Å². The summed E-state index contributed by atoms with van der Waals surface area (Å²) in [5.41, 5.74) is 0.850. The van der Waals surface area contributed by atoms with E-state index in [0.717, 1.165) is 19.3 Å². The molecule has 0 bridgehead atoms. The second-order valence-corrected chi connectivity index (χ2v) is 6.37. The maximum absolute atomic E-state index is 13.4. The van der Waals surface area contributed by atoms with Gasteiger partial charge in [-0.1, -0.05) is 18.2 Å². The fraction of sp³-hybridized carbons (Fsp3) is 0.333. The molecular formula is C21H24N2O4. The van der Waals surface area contributed by atoms with Crippen LogP contribution in [-0.2, 0) is 0 Å². The van der Waals surface area contributed by atoms with Gasteiger partial charge in [0.05, 0.1) is 25.5 Å². The number of ether oxygens (including phenoxy) is 2. The van der Waals surface area contributed by atoms with Gasteiger partial charge in [0.25, 0.3) is 5.91 Å². The lowest BCUT2D eigenvalue weighted by atomic mass is 10.1.